The molecule has 3 rings (SSSR count). The summed E-state index contributed by atoms with van der Waals surface area (Å²) in [5.74, 6) is 1.61. The number of benzene rings is 2. The number of para-hydroxylation sites is 1. The normalized spacial score (nSPS) is 10.7. The second-order valence-electron chi connectivity index (χ2n) is 5.82. The Labute approximate surface area is 173 Å². The van der Waals surface area contributed by atoms with Gasteiger partial charge in [-0.15, -0.1) is 10.2 Å². The molecule has 0 spiro atoms. The molecule has 0 saturated heterocycles. The Morgan fingerprint density at radius 1 is 1.14 bits per heavy atom. The van der Waals surface area contributed by atoms with E-state index in [-0.39, 0.29) is 11.7 Å². The van der Waals surface area contributed by atoms with E-state index < -0.39 is 0 Å². The SMILES string of the molecule is CCOc1ccccc1-c1nnc(SCC(=O)Nc2ccc(Cl)cc2)n1CC. The lowest BCUT2D eigenvalue weighted by atomic mass is 10.2. The molecule has 0 aliphatic heterocycles. The smallest absolute Gasteiger partial charge is 0.234 e. The average molecular weight is 417 g/mol. The van der Waals surface area contributed by atoms with E-state index >= 15 is 0 Å². The van der Waals surface area contributed by atoms with E-state index in [4.69, 9.17) is 16.3 Å². The summed E-state index contributed by atoms with van der Waals surface area (Å²) in [6, 6.07) is 14.8. The summed E-state index contributed by atoms with van der Waals surface area (Å²) in [5.41, 5.74) is 1.59. The molecule has 2 aromatic carbocycles. The van der Waals surface area contributed by atoms with Gasteiger partial charge in [-0.3, -0.25) is 4.79 Å². The van der Waals surface area contributed by atoms with Gasteiger partial charge in [0.15, 0.2) is 11.0 Å². The number of amides is 1. The minimum absolute atomic E-state index is 0.116. The fourth-order valence-electron chi connectivity index (χ4n) is 2.67. The van der Waals surface area contributed by atoms with Crippen LogP contribution in [0.15, 0.2) is 53.7 Å². The van der Waals surface area contributed by atoms with Crippen LogP contribution >= 0.6 is 23.4 Å². The zero-order valence-corrected chi connectivity index (χ0v) is 17.3. The van der Waals surface area contributed by atoms with Crippen LogP contribution < -0.4 is 10.1 Å². The van der Waals surface area contributed by atoms with Crippen molar-refractivity contribution < 1.29 is 9.53 Å². The average Bonchev–Trinajstić information content (AvgIpc) is 3.11. The molecule has 1 aromatic heterocycles. The molecule has 1 N–H and O–H groups in total. The second kappa shape index (κ2) is 9.61. The molecule has 0 atom stereocenters. The molecule has 0 saturated carbocycles. The first-order valence-electron chi connectivity index (χ1n) is 8.96. The molecule has 0 aliphatic rings. The monoisotopic (exact) mass is 416 g/mol. The highest BCUT2D eigenvalue weighted by Gasteiger charge is 2.17. The second-order valence-corrected chi connectivity index (χ2v) is 7.20. The predicted octanol–water partition coefficient (Wildman–Crippen LogP) is 4.75. The number of nitrogens with zero attached hydrogens (tertiary/aromatic N) is 3. The number of anilines is 1. The van der Waals surface area contributed by atoms with Crippen molar-refractivity contribution in [2.75, 3.05) is 17.7 Å². The van der Waals surface area contributed by atoms with E-state index in [2.05, 4.69) is 15.5 Å². The molecule has 3 aromatic rings. The summed E-state index contributed by atoms with van der Waals surface area (Å²) in [6.45, 7) is 5.23. The standard InChI is InChI=1S/C20H21ClN4O2S/c1-3-25-19(16-7-5-6-8-17(16)27-4-2)23-24-20(25)28-13-18(26)22-15-11-9-14(21)10-12-15/h5-12H,3-4,13H2,1-2H3,(H,22,26). The summed E-state index contributed by atoms with van der Waals surface area (Å²) < 4.78 is 7.70. The first-order valence-corrected chi connectivity index (χ1v) is 10.3. The van der Waals surface area contributed by atoms with Gasteiger partial charge in [0, 0.05) is 17.3 Å². The number of hydrogen-bond donors (Lipinski definition) is 1. The number of carbonyl (C=O) groups excluding carboxylic acids is 1. The largest absolute Gasteiger partial charge is 0.493 e. The minimum Gasteiger partial charge on any atom is -0.493 e. The van der Waals surface area contributed by atoms with Crippen LogP contribution in [-0.4, -0.2) is 33.0 Å². The third-order valence-electron chi connectivity index (χ3n) is 3.92. The Hall–Kier alpha value is -2.51. The third-order valence-corrected chi connectivity index (χ3v) is 5.14. The number of thioether (sulfide) groups is 1. The Balaban J connectivity index is 1.72. The van der Waals surface area contributed by atoms with E-state index in [1.165, 1.54) is 11.8 Å². The van der Waals surface area contributed by atoms with Crippen molar-refractivity contribution in [1.29, 1.82) is 0 Å². The molecule has 0 aliphatic carbocycles. The fourth-order valence-corrected chi connectivity index (χ4v) is 3.60. The highest BCUT2D eigenvalue weighted by molar-refractivity contribution is 7.99. The Bertz CT molecular complexity index is 944. The van der Waals surface area contributed by atoms with Crippen LogP contribution in [-0.2, 0) is 11.3 Å². The van der Waals surface area contributed by atoms with E-state index in [1.807, 2.05) is 42.7 Å². The highest BCUT2D eigenvalue weighted by Crippen LogP contribution is 2.31. The van der Waals surface area contributed by atoms with Gasteiger partial charge >= 0.3 is 0 Å². The van der Waals surface area contributed by atoms with Crippen LogP contribution in [0.1, 0.15) is 13.8 Å². The summed E-state index contributed by atoms with van der Waals surface area (Å²) >= 11 is 7.21. The zero-order valence-electron chi connectivity index (χ0n) is 15.7. The number of nitrogens with one attached hydrogen (secondary N) is 1. The molecule has 146 valence electrons. The molecule has 0 fully saturated rings. The van der Waals surface area contributed by atoms with E-state index in [9.17, 15) is 4.79 Å². The number of rotatable bonds is 8. The van der Waals surface area contributed by atoms with Gasteiger partial charge < -0.3 is 14.6 Å². The van der Waals surface area contributed by atoms with Gasteiger partial charge in [0.1, 0.15) is 5.75 Å². The van der Waals surface area contributed by atoms with E-state index in [0.717, 1.165) is 17.1 Å². The van der Waals surface area contributed by atoms with Crippen LogP contribution in [0.5, 0.6) is 5.75 Å². The van der Waals surface area contributed by atoms with Crippen LogP contribution in [0.4, 0.5) is 5.69 Å². The topological polar surface area (TPSA) is 69.0 Å². The maximum absolute atomic E-state index is 12.2. The number of aromatic nitrogens is 3. The molecular formula is C20H21ClN4O2S. The molecule has 0 radical (unpaired) electrons. The van der Waals surface area contributed by atoms with Crippen LogP contribution in [0.3, 0.4) is 0 Å². The van der Waals surface area contributed by atoms with Gasteiger partial charge in [0.05, 0.1) is 17.9 Å². The Morgan fingerprint density at radius 3 is 2.61 bits per heavy atom. The van der Waals surface area contributed by atoms with Crippen molar-refractivity contribution in [1.82, 2.24) is 14.8 Å². The summed E-state index contributed by atoms with van der Waals surface area (Å²) in [6.07, 6.45) is 0. The first kappa shape index (κ1) is 20.2. The van der Waals surface area contributed by atoms with E-state index in [1.54, 1.807) is 24.3 Å². The van der Waals surface area contributed by atoms with Crippen molar-refractivity contribution in [3.05, 3.63) is 53.6 Å². The predicted molar refractivity (Wildman–Crippen MR) is 113 cm³/mol. The Morgan fingerprint density at radius 2 is 1.89 bits per heavy atom. The third kappa shape index (κ3) is 4.85. The maximum Gasteiger partial charge on any atom is 0.234 e. The van der Waals surface area contributed by atoms with Crippen molar-refractivity contribution in [3.8, 4) is 17.1 Å². The van der Waals surface area contributed by atoms with Gasteiger partial charge in [-0.1, -0.05) is 35.5 Å². The van der Waals surface area contributed by atoms with Gasteiger partial charge in [-0.25, -0.2) is 0 Å². The van der Waals surface area contributed by atoms with E-state index in [0.29, 0.717) is 29.0 Å². The lowest BCUT2D eigenvalue weighted by Gasteiger charge is -2.11. The molecule has 28 heavy (non-hydrogen) atoms. The number of hydrogen-bond acceptors (Lipinski definition) is 5. The number of halogens is 1. The number of carbonyl (C=O) groups is 1. The molecule has 1 heterocycles. The minimum atomic E-state index is -0.116. The molecule has 8 heteroatoms. The quantitative estimate of drug-likeness (QED) is 0.537. The van der Waals surface area contributed by atoms with Gasteiger partial charge in [-0.05, 0) is 50.2 Å². The number of ether oxygens (including phenoxy) is 1. The van der Waals surface area contributed by atoms with Gasteiger partial charge in [0.25, 0.3) is 0 Å². The van der Waals surface area contributed by atoms with Crippen molar-refractivity contribution in [3.63, 3.8) is 0 Å². The van der Waals surface area contributed by atoms with Crippen molar-refractivity contribution in [2.24, 2.45) is 0 Å². The van der Waals surface area contributed by atoms with Crippen LogP contribution in [0, 0.1) is 0 Å². The zero-order chi connectivity index (χ0) is 19.9. The van der Waals surface area contributed by atoms with Gasteiger partial charge in [-0.2, -0.15) is 0 Å². The van der Waals surface area contributed by atoms with Crippen LogP contribution in [0.25, 0.3) is 11.4 Å². The summed E-state index contributed by atoms with van der Waals surface area (Å²) in [7, 11) is 0. The Kier molecular flexibility index (Phi) is 6.95. The summed E-state index contributed by atoms with van der Waals surface area (Å²) in [4.78, 5) is 12.2. The molecule has 0 unspecified atom stereocenters. The highest BCUT2D eigenvalue weighted by atomic mass is 35.5. The fraction of sp³-hybridized carbons (Fsp3) is 0.250. The lowest BCUT2D eigenvalue weighted by molar-refractivity contribution is -0.113. The summed E-state index contributed by atoms with van der Waals surface area (Å²) in [5, 5.41) is 12.8. The molecule has 6 nitrogen and oxygen atoms in total. The molecular weight excluding hydrogens is 396 g/mol. The molecule has 1 amide bonds. The van der Waals surface area contributed by atoms with Crippen LogP contribution in [0.2, 0.25) is 5.02 Å². The lowest BCUT2D eigenvalue weighted by Crippen LogP contribution is -2.14. The van der Waals surface area contributed by atoms with Crippen molar-refractivity contribution >= 4 is 35.0 Å². The maximum atomic E-state index is 12.2. The first-order chi connectivity index (χ1) is 13.6. The van der Waals surface area contributed by atoms with Gasteiger partial charge in [0.2, 0.25) is 5.91 Å². The molecule has 0 bridgehead atoms. The van der Waals surface area contributed by atoms with Crippen molar-refractivity contribution in [2.45, 2.75) is 25.5 Å².